The molecule has 3 nitrogen and oxygen atoms in total. The van der Waals surface area contributed by atoms with E-state index in [0.717, 1.165) is 18.7 Å². The molecule has 1 unspecified atom stereocenters. The fraction of sp³-hybridized carbons (Fsp3) is 0.316. The number of carbonyl (C=O) groups excluding carboxylic acids is 1. The van der Waals surface area contributed by atoms with E-state index < -0.39 is 0 Å². The molecule has 116 valence electrons. The summed E-state index contributed by atoms with van der Waals surface area (Å²) >= 11 is 0. The summed E-state index contributed by atoms with van der Waals surface area (Å²) in [6.45, 7) is 5.31. The lowest BCUT2D eigenvalue weighted by atomic mass is 10.1. The molecule has 0 radical (unpaired) electrons. The number of amides is 1. The van der Waals surface area contributed by atoms with Crippen LogP contribution in [0, 0.1) is 0 Å². The summed E-state index contributed by atoms with van der Waals surface area (Å²) in [6, 6.07) is 17.9. The van der Waals surface area contributed by atoms with E-state index in [1.165, 1.54) is 5.56 Å². The number of nitrogens with zero attached hydrogens (tertiary/aromatic N) is 1. The average molecular weight is 296 g/mol. The van der Waals surface area contributed by atoms with Crippen molar-refractivity contribution in [3.8, 4) is 0 Å². The van der Waals surface area contributed by atoms with Crippen molar-refractivity contribution < 1.29 is 4.79 Å². The normalized spacial score (nSPS) is 12.2. The first-order chi connectivity index (χ1) is 10.6. The Bertz CT molecular complexity index is 593. The smallest absolute Gasteiger partial charge is 0.255 e. The van der Waals surface area contributed by atoms with Crippen molar-refractivity contribution in [1.82, 2.24) is 4.90 Å². The molecule has 0 bridgehead atoms. The summed E-state index contributed by atoms with van der Waals surface area (Å²) < 4.78 is 0. The Hall–Kier alpha value is -2.13. The molecular formula is C19H24N2O. The molecule has 0 aliphatic heterocycles. The van der Waals surface area contributed by atoms with Gasteiger partial charge in [-0.05, 0) is 50.2 Å². The zero-order valence-electron chi connectivity index (χ0n) is 13.5. The van der Waals surface area contributed by atoms with E-state index in [1.807, 2.05) is 54.6 Å². The van der Waals surface area contributed by atoms with E-state index in [9.17, 15) is 4.79 Å². The fourth-order valence-electron chi connectivity index (χ4n) is 2.24. The van der Waals surface area contributed by atoms with Crippen LogP contribution >= 0.6 is 0 Å². The van der Waals surface area contributed by atoms with Crippen LogP contribution < -0.4 is 5.32 Å². The maximum absolute atomic E-state index is 12.2. The zero-order valence-corrected chi connectivity index (χ0v) is 13.5. The summed E-state index contributed by atoms with van der Waals surface area (Å²) in [5, 5.41) is 2.90. The van der Waals surface area contributed by atoms with Crippen LogP contribution in [0.2, 0.25) is 0 Å². The van der Waals surface area contributed by atoms with Crippen LogP contribution in [-0.4, -0.2) is 23.9 Å². The van der Waals surface area contributed by atoms with Crippen molar-refractivity contribution in [2.75, 3.05) is 12.4 Å². The van der Waals surface area contributed by atoms with Gasteiger partial charge in [0, 0.05) is 23.8 Å². The number of rotatable bonds is 6. The molecule has 3 heteroatoms. The molecule has 1 atom stereocenters. The number of hydrogen-bond donors (Lipinski definition) is 1. The van der Waals surface area contributed by atoms with Crippen LogP contribution in [0.3, 0.4) is 0 Å². The number of benzene rings is 2. The molecule has 0 fully saturated rings. The Morgan fingerprint density at radius 2 is 1.73 bits per heavy atom. The number of hydrogen-bond acceptors (Lipinski definition) is 2. The van der Waals surface area contributed by atoms with E-state index in [0.29, 0.717) is 11.6 Å². The minimum Gasteiger partial charge on any atom is -0.322 e. The van der Waals surface area contributed by atoms with Gasteiger partial charge in [-0.1, -0.05) is 37.3 Å². The topological polar surface area (TPSA) is 32.3 Å². The van der Waals surface area contributed by atoms with Gasteiger partial charge in [-0.2, -0.15) is 0 Å². The molecule has 2 aromatic rings. The first-order valence-corrected chi connectivity index (χ1v) is 7.75. The van der Waals surface area contributed by atoms with Gasteiger partial charge in [-0.25, -0.2) is 0 Å². The molecule has 0 saturated heterocycles. The highest BCUT2D eigenvalue weighted by Crippen LogP contribution is 2.12. The van der Waals surface area contributed by atoms with E-state index in [1.54, 1.807) is 0 Å². The fourth-order valence-corrected chi connectivity index (χ4v) is 2.24. The van der Waals surface area contributed by atoms with Crippen molar-refractivity contribution in [2.24, 2.45) is 0 Å². The third kappa shape index (κ3) is 4.43. The van der Waals surface area contributed by atoms with E-state index in [-0.39, 0.29) is 5.91 Å². The summed E-state index contributed by atoms with van der Waals surface area (Å²) in [5.41, 5.74) is 2.71. The standard InChI is InChI=1S/C19H24N2O/c1-4-15(2)21(3)14-16-10-12-17(13-11-16)19(22)20-18-8-6-5-7-9-18/h5-13,15H,4,14H2,1-3H3,(H,20,22). The SMILES string of the molecule is CCC(C)N(C)Cc1ccc(C(=O)Nc2ccccc2)cc1. The minimum absolute atomic E-state index is 0.0759. The molecule has 2 rings (SSSR count). The van der Waals surface area contributed by atoms with E-state index in [2.05, 4.69) is 31.1 Å². The second-order valence-corrected chi connectivity index (χ2v) is 5.69. The number of carbonyl (C=O) groups is 1. The summed E-state index contributed by atoms with van der Waals surface area (Å²) in [6.07, 6.45) is 1.13. The Morgan fingerprint density at radius 3 is 2.32 bits per heavy atom. The molecule has 2 aromatic carbocycles. The van der Waals surface area contributed by atoms with Gasteiger partial charge in [-0.15, -0.1) is 0 Å². The van der Waals surface area contributed by atoms with Crippen molar-refractivity contribution >= 4 is 11.6 Å². The molecule has 0 saturated carbocycles. The monoisotopic (exact) mass is 296 g/mol. The maximum atomic E-state index is 12.2. The van der Waals surface area contributed by atoms with Crippen molar-refractivity contribution in [3.63, 3.8) is 0 Å². The molecule has 1 amide bonds. The lowest BCUT2D eigenvalue weighted by Gasteiger charge is -2.23. The summed E-state index contributed by atoms with van der Waals surface area (Å²) in [7, 11) is 2.13. The molecule has 22 heavy (non-hydrogen) atoms. The van der Waals surface area contributed by atoms with Crippen molar-refractivity contribution in [2.45, 2.75) is 32.9 Å². The van der Waals surface area contributed by atoms with Gasteiger partial charge in [0.15, 0.2) is 0 Å². The highest BCUT2D eigenvalue weighted by Gasteiger charge is 2.09. The first kappa shape index (κ1) is 16.2. The van der Waals surface area contributed by atoms with Gasteiger partial charge in [0.05, 0.1) is 0 Å². The maximum Gasteiger partial charge on any atom is 0.255 e. The summed E-state index contributed by atoms with van der Waals surface area (Å²) in [5.74, 6) is -0.0759. The highest BCUT2D eigenvalue weighted by atomic mass is 16.1. The Kier molecular flexibility index (Phi) is 5.73. The predicted molar refractivity (Wildman–Crippen MR) is 92.1 cm³/mol. The summed E-state index contributed by atoms with van der Waals surface area (Å²) in [4.78, 5) is 14.5. The van der Waals surface area contributed by atoms with Crippen molar-refractivity contribution in [3.05, 3.63) is 65.7 Å². The van der Waals surface area contributed by atoms with Crippen LogP contribution in [-0.2, 0) is 6.54 Å². The predicted octanol–water partition coefficient (Wildman–Crippen LogP) is 4.17. The third-order valence-corrected chi connectivity index (χ3v) is 4.02. The molecule has 0 heterocycles. The Balaban J connectivity index is 1.98. The minimum atomic E-state index is -0.0759. The van der Waals surface area contributed by atoms with Crippen LogP contribution in [0.15, 0.2) is 54.6 Å². The molecule has 0 spiro atoms. The van der Waals surface area contributed by atoms with Gasteiger partial charge in [0.25, 0.3) is 5.91 Å². The molecular weight excluding hydrogens is 272 g/mol. The molecule has 0 aliphatic carbocycles. The molecule has 0 aromatic heterocycles. The van der Waals surface area contributed by atoms with Gasteiger partial charge in [0.2, 0.25) is 0 Å². The van der Waals surface area contributed by atoms with Crippen LogP contribution in [0.5, 0.6) is 0 Å². The molecule has 1 N–H and O–H groups in total. The van der Waals surface area contributed by atoms with Crippen LogP contribution in [0.4, 0.5) is 5.69 Å². The average Bonchev–Trinajstić information content (AvgIpc) is 2.55. The highest BCUT2D eigenvalue weighted by molar-refractivity contribution is 6.04. The van der Waals surface area contributed by atoms with Gasteiger partial charge in [0.1, 0.15) is 0 Å². The quantitative estimate of drug-likeness (QED) is 0.867. The first-order valence-electron chi connectivity index (χ1n) is 7.75. The van der Waals surface area contributed by atoms with Gasteiger partial charge < -0.3 is 5.32 Å². The van der Waals surface area contributed by atoms with Crippen molar-refractivity contribution in [1.29, 1.82) is 0 Å². The molecule has 0 aliphatic rings. The van der Waals surface area contributed by atoms with Gasteiger partial charge >= 0.3 is 0 Å². The van der Waals surface area contributed by atoms with E-state index >= 15 is 0 Å². The second kappa shape index (κ2) is 7.76. The Labute approximate surface area is 133 Å². The number of nitrogens with one attached hydrogen (secondary N) is 1. The Morgan fingerprint density at radius 1 is 1.09 bits per heavy atom. The lowest BCUT2D eigenvalue weighted by molar-refractivity contribution is 0.102. The number of anilines is 1. The lowest BCUT2D eigenvalue weighted by Crippen LogP contribution is -2.27. The van der Waals surface area contributed by atoms with Gasteiger partial charge in [-0.3, -0.25) is 9.69 Å². The number of para-hydroxylation sites is 1. The second-order valence-electron chi connectivity index (χ2n) is 5.69. The van der Waals surface area contributed by atoms with Crippen LogP contribution in [0.25, 0.3) is 0 Å². The zero-order chi connectivity index (χ0) is 15.9. The largest absolute Gasteiger partial charge is 0.322 e. The van der Waals surface area contributed by atoms with E-state index in [4.69, 9.17) is 0 Å². The van der Waals surface area contributed by atoms with Crippen LogP contribution in [0.1, 0.15) is 36.2 Å². The third-order valence-electron chi connectivity index (χ3n) is 4.02.